The van der Waals surface area contributed by atoms with Gasteiger partial charge in [0.15, 0.2) is 5.96 Å². The lowest BCUT2D eigenvalue weighted by Gasteiger charge is -2.30. The minimum Gasteiger partial charge on any atom is -0.356 e. The molecule has 1 rings (SSSR count). The van der Waals surface area contributed by atoms with Crippen LogP contribution in [0.2, 0.25) is 0 Å². The molecular weight excluding hydrogens is 397 g/mol. The molecule has 0 aromatic carbocycles. The molecule has 126 valence electrons. The first-order valence-corrected chi connectivity index (χ1v) is 9.43. The molecule has 0 aromatic rings. The van der Waals surface area contributed by atoms with Crippen LogP contribution in [0.1, 0.15) is 58.8 Å². The van der Waals surface area contributed by atoms with Crippen LogP contribution < -0.4 is 10.6 Å². The molecule has 0 aromatic heterocycles. The van der Waals surface area contributed by atoms with E-state index in [0.717, 1.165) is 37.5 Å². The van der Waals surface area contributed by atoms with E-state index in [1.54, 1.807) is 0 Å². The molecule has 1 fully saturated rings. The van der Waals surface area contributed by atoms with Crippen LogP contribution in [-0.2, 0) is 10.8 Å². The standard InChI is InChI=1S/C15H31N3OS.HI/c1-4-6-7-11-17-15(16-3)18-13-9-8-10-14(12-13)20(19)5-2;/h13-14H,4-12H2,1-3H3,(H2,16,17,18);1H. The van der Waals surface area contributed by atoms with Crippen molar-refractivity contribution < 1.29 is 4.21 Å². The lowest BCUT2D eigenvalue weighted by molar-refractivity contribution is 0.413. The average molecular weight is 429 g/mol. The Morgan fingerprint density at radius 1 is 1.29 bits per heavy atom. The Morgan fingerprint density at radius 2 is 2.05 bits per heavy atom. The fourth-order valence-corrected chi connectivity index (χ4v) is 4.07. The molecule has 0 radical (unpaired) electrons. The van der Waals surface area contributed by atoms with Crippen LogP contribution in [-0.4, -0.2) is 40.8 Å². The van der Waals surface area contributed by atoms with Crippen LogP contribution in [0.5, 0.6) is 0 Å². The van der Waals surface area contributed by atoms with Crippen LogP contribution in [0.15, 0.2) is 4.99 Å². The van der Waals surface area contributed by atoms with Gasteiger partial charge in [-0.25, -0.2) is 0 Å². The lowest BCUT2D eigenvalue weighted by Crippen LogP contribution is -2.46. The third-order valence-electron chi connectivity index (χ3n) is 3.92. The fourth-order valence-electron chi connectivity index (χ4n) is 2.72. The number of hydrogen-bond acceptors (Lipinski definition) is 2. The molecule has 3 unspecified atom stereocenters. The molecule has 6 heteroatoms. The number of nitrogens with one attached hydrogen (secondary N) is 2. The largest absolute Gasteiger partial charge is 0.356 e. The summed E-state index contributed by atoms with van der Waals surface area (Å²) in [6, 6.07) is 0.418. The van der Waals surface area contributed by atoms with E-state index in [1.807, 2.05) is 14.0 Å². The van der Waals surface area contributed by atoms with Crippen molar-refractivity contribution in [1.29, 1.82) is 0 Å². The van der Waals surface area contributed by atoms with E-state index in [0.29, 0.717) is 11.3 Å². The summed E-state index contributed by atoms with van der Waals surface area (Å²) in [6.45, 7) is 5.20. The van der Waals surface area contributed by atoms with E-state index in [4.69, 9.17) is 0 Å². The first-order chi connectivity index (χ1) is 9.71. The van der Waals surface area contributed by atoms with Gasteiger partial charge < -0.3 is 10.6 Å². The van der Waals surface area contributed by atoms with Crippen LogP contribution in [0.3, 0.4) is 0 Å². The third-order valence-corrected chi connectivity index (χ3v) is 5.66. The predicted octanol–water partition coefficient (Wildman–Crippen LogP) is 3.04. The minimum atomic E-state index is -0.659. The van der Waals surface area contributed by atoms with Gasteiger partial charge in [-0.3, -0.25) is 9.20 Å². The molecule has 0 aliphatic heterocycles. The van der Waals surface area contributed by atoms with Gasteiger partial charge in [-0.05, 0) is 25.7 Å². The van der Waals surface area contributed by atoms with Crippen molar-refractivity contribution in [2.24, 2.45) is 4.99 Å². The highest BCUT2D eigenvalue weighted by Gasteiger charge is 2.25. The highest BCUT2D eigenvalue weighted by atomic mass is 127. The second kappa shape index (κ2) is 12.7. The maximum Gasteiger partial charge on any atom is 0.191 e. The van der Waals surface area contributed by atoms with Crippen molar-refractivity contribution in [3.8, 4) is 0 Å². The number of nitrogens with zero attached hydrogens (tertiary/aromatic N) is 1. The third kappa shape index (κ3) is 8.38. The highest BCUT2D eigenvalue weighted by Crippen LogP contribution is 2.22. The van der Waals surface area contributed by atoms with Crippen molar-refractivity contribution in [3.63, 3.8) is 0 Å². The molecule has 1 aliphatic carbocycles. The maximum absolute atomic E-state index is 11.9. The topological polar surface area (TPSA) is 53.5 Å². The van der Waals surface area contributed by atoms with E-state index < -0.39 is 10.8 Å². The van der Waals surface area contributed by atoms with E-state index >= 15 is 0 Å². The van der Waals surface area contributed by atoms with Gasteiger partial charge in [-0.15, -0.1) is 24.0 Å². The van der Waals surface area contributed by atoms with Gasteiger partial charge in [0.2, 0.25) is 0 Å². The van der Waals surface area contributed by atoms with Gasteiger partial charge in [-0.2, -0.15) is 0 Å². The zero-order valence-corrected chi connectivity index (χ0v) is 16.8. The van der Waals surface area contributed by atoms with Crippen LogP contribution in [0, 0.1) is 0 Å². The number of aliphatic imine (C=N–C) groups is 1. The molecule has 2 N–H and O–H groups in total. The Hall–Kier alpha value is 0.150. The minimum absolute atomic E-state index is 0. The summed E-state index contributed by atoms with van der Waals surface area (Å²) < 4.78 is 11.9. The molecule has 1 saturated carbocycles. The molecule has 4 nitrogen and oxygen atoms in total. The fraction of sp³-hybridized carbons (Fsp3) is 0.933. The van der Waals surface area contributed by atoms with Crippen LogP contribution >= 0.6 is 24.0 Å². The quantitative estimate of drug-likeness (QED) is 0.283. The number of rotatable bonds is 7. The van der Waals surface area contributed by atoms with Crippen molar-refractivity contribution in [2.75, 3.05) is 19.3 Å². The molecule has 21 heavy (non-hydrogen) atoms. The van der Waals surface area contributed by atoms with Gasteiger partial charge in [0, 0.05) is 41.4 Å². The molecule has 3 atom stereocenters. The van der Waals surface area contributed by atoms with E-state index in [9.17, 15) is 4.21 Å². The Morgan fingerprint density at radius 3 is 2.67 bits per heavy atom. The SMILES string of the molecule is CCCCCNC(=NC)NC1CCCC(S(=O)CC)C1.I. The zero-order valence-electron chi connectivity index (χ0n) is 13.7. The molecule has 0 spiro atoms. The smallest absolute Gasteiger partial charge is 0.191 e. The highest BCUT2D eigenvalue weighted by molar-refractivity contribution is 14.0. The monoisotopic (exact) mass is 429 g/mol. The van der Waals surface area contributed by atoms with Crippen LogP contribution in [0.25, 0.3) is 0 Å². The number of unbranched alkanes of at least 4 members (excludes halogenated alkanes) is 2. The normalized spacial score (nSPS) is 24.0. The number of halogens is 1. The van der Waals surface area contributed by atoms with E-state index in [2.05, 4.69) is 22.5 Å². The number of hydrogen-bond donors (Lipinski definition) is 2. The van der Waals surface area contributed by atoms with Gasteiger partial charge in [0.05, 0.1) is 0 Å². The van der Waals surface area contributed by atoms with Gasteiger partial charge >= 0.3 is 0 Å². The Kier molecular flexibility index (Phi) is 12.8. The summed E-state index contributed by atoms with van der Waals surface area (Å²) in [5.74, 6) is 1.68. The first-order valence-electron chi connectivity index (χ1n) is 8.05. The van der Waals surface area contributed by atoms with E-state index in [-0.39, 0.29) is 24.0 Å². The lowest BCUT2D eigenvalue weighted by atomic mass is 9.95. The van der Waals surface area contributed by atoms with Gasteiger partial charge in [0.25, 0.3) is 0 Å². The Bertz CT molecular complexity index is 326. The zero-order chi connectivity index (χ0) is 14.8. The molecule has 0 bridgehead atoms. The van der Waals surface area contributed by atoms with Crippen molar-refractivity contribution in [1.82, 2.24) is 10.6 Å². The predicted molar refractivity (Wildman–Crippen MR) is 104 cm³/mol. The summed E-state index contributed by atoms with van der Waals surface area (Å²) in [6.07, 6.45) is 8.13. The second-order valence-electron chi connectivity index (χ2n) is 5.51. The Labute approximate surface area is 149 Å². The molecule has 0 heterocycles. The van der Waals surface area contributed by atoms with Crippen molar-refractivity contribution in [2.45, 2.75) is 70.1 Å². The second-order valence-corrected chi connectivity index (χ2v) is 7.51. The van der Waals surface area contributed by atoms with Crippen LogP contribution in [0.4, 0.5) is 0 Å². The Balaban J connectivity index is 0.00000400. The first kappa shape index (κ1) is 21.1. The van der Waals surface area contributed by atoms with Gasteiger partial charge in [0.1, 0.15) is 0 Å². The molecule has 0 saturated heterocycles. The summed E-state index contributed by atoms with van der Waals surface area (Å²) in [5, 5.41) is 7.23. The van der Waals surface area contributed by atoms with Crippen molar-refractivity contribution in [3.05, 3.63) is 0 Å². The maximum atomic E-state index is 11.9. The van der Waals surface area contributed by atoms with Crippen molar-refractivity contribution >= 4 is 40.7 Å². The molecule has 1 aliphatic rings. The average Bonchev–Trinajstić information content (AvgIpc) is 2.49. The van der Waals surface area contributed by atoms with E-state index in [1.165, 1.54) is 25.7 Å². The number of guanidine groups is 1. The summed E-state index contributed by atoms with van der Waals surface area (Å²) in [7, 11) is 1.16. The van der Waals surface area contributed by atoms with Gasteiger partial charge in [-0.1, -0.05) is 33.1 Å². The summed E-state index contributed by atoms with van der Waals surface area (Å²) in [4.78, 5) is 4.29. The summed E-state index contributed by atoms with van der Waals surface area (Å²) in [5.41, 5.74) is 0. The molecular formula is C15H32IN3OS. The molecule has 0 amide bonds. The summed E-state index contributed by atoms with van der Waals surface area (Å²) >= 11 is 0.